The van der Waals surface area contributed by atoms with E-state index in [1.165, 1.54) is 62.5 Å². The van der Waals surface area contributed by atoms with Gasteiger partial charge in [0.05, 0.1) is 7.11 Å². The summed E-state index contributed by atoms with van der Waals surface area (Å²) in [5, 5.41) is 32.8. The van der Waals surface area contributed by atoms with Gasteiger partial charge in [0.25, 0.3) is 0 Å². The van der Waals surface area contributed by atoms with Crippen molar-refractivity contribution in [2.24, 2.45) is 47.3 Å². The van der Waals surface area contributed by atoms with Crippen LogP contribution in [0.4, 0.5) is 4.79 Å². The smallest absolute Gasteiger partial charge is 0.408 e. The van der Waals surface area contributed by atoms with Gasteiger partial charge in [-0.15, -0.1) is 0 Å². The molecule has 0 aromatic heterocycles. The molecule has 27 heteroatoms. The number of methoxy groups -OCH3 is 1. The number of carbonyl (C=O) groups is 13. The summed E-state index contributed by atoms with van der Waals surface area (Å²) >= 11 is 0. The second kappa shape index (κ2) is 39.5. The van der Waals surface area contributed by atoms with E-state index in [-0.39, 0.29) is 92.3 Å². The van der Waals surface area contributed by atoms with Gasteiger partial charge in [0, 0.05) is 0 Å². The summed E-state index contributed by atoms with van der Waals surface area (Å²) in [7, 11) is 1.22. The largest absolute Gasteiger partial charge is 0.467 e. The maximum absolute atomic E-state index is 14.4. The predicted molar refractivity (Wildman–Crippen MR) is 373 cm³/mol. The number of carbonyl (C=O) groups excluding carboxylic acids is 13. The zero-order chi connectivity index (χ0) is 75.8. The second-order valence-electron chi connectivity index (χ2n) is 32.5. The van der Waals surface area contributed by atoms with Gasteiger partial charge in [-0.25, -0.2) is 9.59 Å². The number of alkyl carbamates (subject to hydrolysis) is 1. The van der Waals surface area contributed by atoms with Gasteiger partial charge in [-0.3, -0.25) is 52.7 Å². The van der Waals surface area contributed by atoms with Crippen LogP contribution >= 0.6 is 0 Å². The molecular weight excluding hydrogens is 1250 g/mol. The molecule has 0 saturated carbocycles. The summed E-state index contributed by atoms with van der Waals surface area (Å²) in [6.45, 7) is 46.1. The first-order chi connectivity index (χ1) is 44.1. The number of amides is 12. The molecule has 0 saturated heterocycles. The Morgan fingerprint density at radius 2 is 0.433 bits per heavy atom. The highest BCUT2D eigenvalue weighted by Crippen LogP contribution is 2.19. The van der Waals surface area contributed by atoms with Crippen molar-refractivity contribution >= 4 is 77.0 Å². The van der Waals surface area contributed by atoms with Crippen LogP contribution in [0.15, 0.2) is 0 Å². The second-order valence-corrected chi connectivity index (χ2v) is 32.5. The Hall–Kier alpha value is -7.09. The lowest BCUT2D eigenvalue weighted by Crippen LogP contribution is -2.65. The van der Waals surface area contributed by atoms with Crippen LogP contribution in [0.5, 0.6) is 0 Å². The van der Waals surface area contributed by atoms with Gasteiger partial charge in [0.1, 0.15) is 76.1 Å². The van der Waals surface area contributed by atoms with E-state index < -0.39 is 153 Å². The van der Waals surface area contributed by atoms with Crippen molar-refractivity contribution < 1.29 is 71.8 Å². The van der Waals surface area contributed by atoms with Crippen LogP contribution < -0.4 is 63.8 Å². The van der Waals surface area contributed by atoms with Crippen LogP contribution in [0.2, 0.25) is 0 Å². The lowest BCUT2D eigenvalue weighted by atomic mass is 9.96. The van der Waals surface area contributed by atoms with Crippen LogP contribution in [0, 0.1) is 47.3 Å². The van der Waals surface area contributed by atoms with Gasteiger partial charge in [0.2, 0.25) is 65.0 Å². The molecule has 12 N–H and O–H groups in total. The van der Waals surface area contributed by atoms with Crippen LogP contribution in [0.1, 0.15) is 238 Å². The van der Waals surface area contributed by atoms with Crippen molar-refractivity contribution in [3.63, 3.8) is 0 Å². The lowest BCUT2D eigenvalue weighted by molar-refractivity contribution is -0.146. The number of esters is 1. The van der Waals surface area contributed by atoms with Crippen LogP contribution in [0.25, 0.3) is 0 Å². The molecule has 0 bridgehead atoms. The average molecular weight is 1380 g/mol. The minimum Gasteiger partial charge on any atom is -0.467 e. The molecule has 0 aromatic rings. The summed E-state index contributed by atoms with van der Waals surface area (Å²) in [6.07, 6.45) is 0.349. The Morgan fingerprint density at radius 3 is 0.619 bits per heavy atom. The average Bonchev–Trinajstić information content (AvgIpc) is 0.851. The molecule has 0 heterocycles. The fourth-order valence-corrected chi connectivity index (χ4v) is 10.2. The van der Waals surface area contributed by atoms with Crippen molar-refractivity contribution in [1.82, 2.24) is 63.8 Å². The number of ether oxygens (including phenoxy) is 2. The van der Waals surface area contributed by atoms with Crippen LogP contribution in [0.3, 0.4) is 0 Å². The fourth-order valence-electron chi connectivity index (χ4n) is 10.2. The topological polar surface area (TPSA) is 385 Å². The molecule has 558 valence electrons. The van der Waals surface area contributed by atoms with Gasteiger partial charge in [0.15, 0.2) is 0 Å². The minimum atomic E-state index is -1.72. The Bertz CT molecular complexity index is 2680. The van der Waals surface area contributed by atoms with Crippen molar-refractivity contribution in [3.8, 4) is 0 Å². The summed E-state index contributed by atoms with van der Waals surface area (Å²) < 4.78 is 10.2. The first-order valence-electron chi connectivity index (χ1n) is 34.6. The molecule has 27 nitrogen and oxygen atoms in total. The van der Waals surface area contributed by atoms with E-state index in [1.807, 2.05) is 111 Å². The molecule has 97 heavy (non-hydrogen) atoms. The highest BCUT2D eigenvalue weighted by Gasteiger charge is 2.42. The van der Waals surface area contributed by atoms with E-state index in [4.69, 9.17) is 9.47 Å². The molecular formula is C70H128N12O15. The van der Waals surface area contributed by atoms with E-state index >= 15 is 0 Å². The molecule has 8 atom stereocenters. The summed E-state index contributed by atoms with van der Waals surface area (Å²) in [4.78, 5) is 181. The van der Waals surface area contributed by atoms with E-state index in [0.717, 1.165) is 0 Å². The maximum Gasteiger partial charge on any atom is 0.408 e. The zero-order valence-electron chi connectivity index (χ0n) is 64.0. The molecule has 0 aromatic carbocycles. The molecule has 0 fully saturated rings. The predicted octanol–water partition coefficient (Wildman–Crippen LogP) is 5.39. The van der Waals surface area contributed by atoms with Crippen molar-refractivity contribution in [1.29, 1.82) is 0 Å². The van der Waals surface area contributed by atoms with E-state index in [2.05, 4.69) is 63.8 Å². The molecule has 0 radical (unpaired) electrons. The van der Waals surface area contributed by atoms with Crippen molar-refractivity contribution in [2.75, 3.05) is 7.11 Å². The quantitative estimate of drug-likeness (QED) is 0.0342. The molecule has 12 amide bonds. The van der Waals surface area contributed by atoms with Crippen LogP contribution in [-0.4, -0.2) is 160 Å². The first-order valence-corrected chi connectivity index (χ1v) is 34.6. The number of nitrogens with one attached hydrogen (secondary N) is 12. The summed E-state index contributed by atoms with van der Waals surface area (Å²) in [5.74, 6) is -9.49. The van der Waals surface area contributed by atoms with Gasteiger partial charge >= 0.3 is 12.1 Å². The Labute approximate surface area is 579 Å². The Morgan fingerprint density at radius 1 is 0.258 bits per heavy atom. The fraction of sp³-hybridized carbons (Fsp3) is 0.814. The third-order valence-electron chi connectivity index (χ3n) is 15.2. The Balaban J connectivity index is 6.69. The van der Waals surface area contributed by atoms with Crippen molar-refractivity contribution in [2.45, 2.75) is 314 Å². The normalized spacial score (nSPS) is 14.8. The van der Waals surface area contributed by atoms with E-state index in [9.17, 15) is 62.3 Å². The highest BCUT2D eigenvalue weighted by atomic mass is 16.6. The third-order valence-corrected chi connectivity index (χ3v) is 15.2. The number of hydrogen-bond acceptors (Lipinski definition) is 15. The molecule has 0 rings (SSSR count). The Kier molecular flexibility index (Phi) is 36.6. The van der Waals surface area contributed by atoms with Gasteiger partial charge in [-0.05, 0) is 175 Å². The third kappa shape index (κ3) is 34.3. The van der Waals surface area contributed by atoms with Crippen molar-refractivity contribution in [3.05, 3.63) is 0 Å². The summed E-state index contributed by atoms with van der Waals surface area (Å²) in [5.41, 5.74) is -7.41. The zero-order valence-corrected chi connectivity index (χ0v) is 64.0. The molecule has 0 spiro atoms. The number of hydrogen-bond donors (Lipinski definition) is 12. The summed E-state index contributed by atoms with van der Waals surface area (Å²) in [6, 6.07) is -9.33. The molecule has 0 aliphatic rings. The first kappa shape index (κ1) is 89.9. The van der Waals surface area contributed by atoms with Gasteiger partial charge < -0.3 is 73.3 Å². The molecule has 0 unspecified atom stereocenters. The molecule has 0 aliphatic carbocycles. The standard InChI is InChI=1S/C70H128N12O15/c1-37(2)29-45(76-62(92)68(22,23)80-59(89)51(35-43(13)14)73-55(85)47(31-39(5)6)78-64(94)70(26,27)82-65(95)97-66(17,18)19)53(83)71-49(33-41(9)10)57(87)79-67(20,21)61(91)75-46(30-38(3)4)54(84)72-50(34-42(11)12)58(88)81-69(24,25)63(93)77-48(32-40(7)8)56(86)74-52(36-44(15)16)60(90)96-28/h37-52H,29-36H2,1-28H3,(H,71,83)(H,72,84)(H,73,85)(H,74,86)(H,75,91)(H,76,92)(H,77,93)(H,78,94)(H,79,87)(H,80,89)(H,81,88)(H,82,95)/t45-,46-,47-,48-,49+,50+,51+,52+/m0/s1. The monoisotopic (exact) mass is 1380 g/mol. The van der Waals surface area contributed by atoms with E-state index in [1.54, 1.807) is 20.8 Å². The SMILES string of the molecule is COC(=O)[C@@H](CC(C)C)NC(=O)[C@H](CC(C)C)NC(=O)C(C)(C)NC(=O)[C@@H](CC(C)C)NC(=O)[C@H](CC(C)C)NC(=O)C(C)(C)NC(=O)[C@@H](CC(C)C)NC(=O)[C@H](CC(C)C)NC(=O)C(C)(C)NC(=O)[C@@H](CC(C)C)NC(=O)[C@H](CC(C)C)NC(=O)C(C)(C)NC(=O)OC(C)(C)C. The van der Waals surface area contributed by atoms with Crippen LogP contribution in [-0.2, 0) is 67.0 Å². The lowest BCUT2D eigenvalue weighted by Gasteiger charge is -2.33. The number of rotatable bonds is 40. The molecule has 0 aliphatic heterocycles. The minimum absolute atomic E-state index is 0.0273. The van der Waals surface area contributed by atoms with Gasteiger partial charge in [-0.2, -0.15) is 0 Å². The highest BCUT2D eigenvalue weighted by molar-refractivity contribution is 6.01. The van der Waals surface area contributed by atoms with E-state index in [0.29, 0.717) is 6.42 Å². The maximum atomic E-state index is 14.4. The van der Waals surface area contributed by atoms with Gasteiger partial charge in [-0.1, -0.05) is 111 Å².